The number of halogens is 1. The lowest BCUT2D eigenvalue weighted by Gasteiger charge is -2.27. The molecule has 0 saturated heterocycles. The summed E-state index contributed by atoms with van der Waals surface area (Å²) in [5, 5.41) is 9.38. The van der Waals surface area contributed by atoms with Gasteiger partial charge in [-0.15, -0.1) is 0 Å². The Kier molecular flexibility index (Phi) is 5.07. The summed E-state index contributed by atoms with van der Waals surface area (Å²) in [6, 6.07) is 4.93. The molecule has 0 spiro atoms. The monoisotopic (exact) mass is 317 g/mol. The fourth-order valence-corrected chi connectivity index (χ4v) is 4.46. The van der Waals surface area contributed by atoms with Gasteiger partial charge >= 0.3 is 0 Å². The number of hydrogen-bond acceptors (Lipinski definition) is 3. The van der Waals surface area contributed by atoms with Gasteiger partial charge in [-0.2, -0.15) is 0 Å². The molecule has 0 heterocycles. The summed E-state index contributed by atoms with van der Waals surface area (Å²) in [6.45, 7) is 1.97. The topological polar surface area (TPSA) is 66.4 Å². The zero-order valence-electron chi connectivity index (χ0n) is 11.5. The Bertz CT molecular complexity index is 566. The highest BCUT2D eigenvalue weighted by atomic mass is 35.5. The van der Waals surface area contributed by atoms with Crippen LogP contribution in [0.4, 0.5) is 0 Å². The number of rotatable bonds is 4. The van der Waals surface area contributed by atoms with Crippen LogP contribution < -0.4 is 4.72 Å². The van der Waals surface area contributed by atoms with Crippen molar-refractivity contribution in [2.75, 3.05) is 6.61 Å². The van der Waals surface area contributed by atoms with Crippen LogP contribution in [0, 0.1) is 12.8 Å². The van der Waals surface area contributed by atoms with Crippen molar-refractivity contribution < 1.29 is 13.5 Å². The summed E-state index contributed by atoms with van der Waals surface area (Å²) in [6.07, 6.45) is 3.22. The molecular formula is C14H20ClNO3S. The van der Waals surface area contributed by atoms with Crippen LogP contribution in [0.1, 0.15) is 31.2 Å². The number of aliphatic hydroxyl groups is 1. The predicted molar refractivity (Wildman–Crippen MR) is 79.3 cm³/mol. The number of benzene rings is 1. The Morgan fingerprint density at radius 2 is 1.95 bits per heavy atom. The van der Waals surface area contributed by atoms with Gasteiger partial charge in [0.1, 0.15) is 4.90 Å². The third-order valence-corrected chi connectivity index (χ3v) is 6.05. The minimum absolute atomic E-state index is 0.0700. The quantitative estimate of drug-likeness (QED) is 0.896. The summed E-state index contributed by atoms with van der Waals surface area (Å²) in [4.78, 5) is 0.142. The maximum Gasteiger partial charge on any atom is 0.242 e. The van der Waals surface area contributed by atoms with Crippen molar-refractivity contribution in [1.82, 2.24) is 4.72 Å². The van der Waals surface area contributed by atoms with E-state index in [4.69, 9.17) is 16.7 Å². The van der Waals surface area contributed by atoms with Crippen LogP contribution in [0.3, 0.4) is 0 Å². The minimum atomic E-state index is -3.58. The van der Waals surface area contributed by atoms with Gasteiger partial charge in [0.15, 0.2) is 0 Å². The lowest BCUT2D eigenvalue weighted by molar-refractivity contribution is 0.180. The van der Waals surface area contributed by atoms with Gasteiger partial charge in [-0.3, -0.25) is 0 Å². The maximum absolute atomic E-state index is 12.4. The fraction of sp³-hybridized carbons (Fsp3) is 0.571. The van der Waals surface area contributed by atoms with Crippen molar-refractivity contribution in [1.29, 1.82) is 0 Å². The summed E-state index contributed by atoms with van der Waals surface area (Å²) in [7, 11) is -3.58. The van der Waals surface area contributed by atoms with Gasteiger partial charge in [0.05, 0.1) is 5.02 Å². The van der Waals surface area contributed by atoms with Crippen LogP contribution in [0.2, 0.25) is 5.02 Å². The van der Waals surface area contributed by atoms with Gasteiger partial charge < -0.3 is 5.11 Å². The van der Waals surface area contributed by atoms with Gasteiger partial charge in [0.25, 0.3) is 0 Å². The van der Waals surface area contributed by atoms with Crippen LogP contribution in [0.25, 0.3) is 0 Å². The molecule has 0 amide bonds. The second-order valence-corrected chi connectivity index (χ2v) is 7.47. The van der Waals surface area contributed by atoms with Gasteiger partial charge in [-0.1, -0.05) is 23.7 Å². The Morgan fingerprint density at radius 3 is 2.55 bits per heavy atom. The third-order valence-electron chi connectivity index (χ3n) is 3.87. The van der Waals surface area contributed by atoms with Crippen molar-refractivity contribution in [3.63, 3.8) is 0 Å². The molecule has 0 radical (unpaired) electrons. The van der Waals surface area contributed by atoms with Crippen LogP contribution in [0.5, 0.6) is 0 Å². The molecule has 0 aliphatic heterocycles. The van der Waals surface area contributed by atoms with Crippen molar-refractivity contribution in [3.8, 4) is 0 Å². The molecule has 0 bridgehead atoms. The largest absolute Gasteiger partial charge is 0.396 e. The van der Waals surface area contributed by atoms with E-state index in [0.29, 0.717) is 5.92 Å². The van der Waals surface area contributed by atoms with Crippen molar-refractivity contribution >= 4 is 21.6 Å². The molecule has 1 fully saturated rings. The number of aliphatic hydroxyl groups excluding tert-OH is 1. The summed E-state index contributed by atoms with van der Waals surface area (Å²) in [5.74, 6) is 0.304. The first-order valence-corrected chi connectivity index (χ1v) is 8.68. The SMILES string of the molecule is Cc1cccc(S(=O)(=O)NC2CCC(CO)CC2)c1Cl. The van der Waals surface area contributed by atoms with Gasteiger partial charge in [0.2, 0.25) is 10.0 Å². The Morgan fingerprint density at radius 1 is 1.30 bits per heavy atom. The van der Waals surface area contributed by atoms with Crippen LogP contribution >= 0.6 is 11.6 Å². The molecule has 0 unspecified atom stereocenters. The highest BCUT2D eigenvalue weighted by Gasteiger charge is 2.26. The molecule has 1 aromatic rings. The minimum Gasteiger partial charge on any atom is -0.396 e. The molecule has 0 aromatic heterocycles. The number of hydrogen-bond donors (Lipinski definition) is 2. The molecule has 1 aromatic carbocycles. The van der Waals surface area contributed by atoms with E-state index in [1.165, 1.54) is 6.07 Å². The number of sulfonamides is 1. The lowest BCUT2D eigenvalue weighted by Crippen LogP contribution is -2.38. The van der Waals surface area contributed by atoms with E-state index in [2.05, 4.69) is 4.72 Å². The molecule has 2 rings (SSSR count). The first-order valence-electron chi connectivity index (χ1n) is 6.82. The zero-order chi connectivity index (χ0) is 14.8. The average molecular weight is 318 g/mol. The van der Waals surface area contributed by atoms with Gasteiger partial charge in [-0.05, 0) is 50.2 Å². The molecule has 20 heavy (non-hydrogen) atoms. The number of aryl methyl sites for hydroxylation is 1. The molecule has 2 N–H and O–H groups in total. The highest BCUT2D eigenvalue weighted by molar-refractivity contribution is 7.89. The van der Waals surface area contributed by atoms with Crippen LogP contribution in [-0.4, -0.2) is 26.2 Å². The van der Waals surface area contributed by atoms with E-state index in [-0.39, 0.29) is 22.6 Å². The molecule has 1 aliphatic carbocycles. The van der Waals surface area contributed by atoms with Crippen molar-refractivity contribution in [2.24, 2.45) is 5.92 Å². The van der Waals surface area contributed by atoms with Crippen molar-refractivity contribution in [3.05, 3.63) is 28.8 Å². The van der Waals surface area contributed by atoms with E-state index in [9.17, 15) is 8.42 Å². The van der Waals surface area contributed by atoms with E-state index in [0.717, 1.165) is 31.2 Å². The first kappa shape index (κ1) is 15.8. The Labute approximate surface area is 125 Å². The molecule has 4 nitrogen and oxygen atoms in total. The number of nitrogens with one attached hydrogen (secondary N) is 1. The third kappa shape index (κ3) is 3.52. The second-order valence-electron chi connectivity index (χ2n) is 5.41. The molecule has 6 heteroatoms. The highest BCUT2D eigenvalue weighted by Crippen LogP contribution is 2.28. The molecule has 112 valence electrons. The zero-order valence-corrected chi connectivity index (χ0v) is 13.0. The molecule has 1 aliphatic rings. The predicted octanol–water partition coefficient (Wildman–Crippen LogP) is 2.48. The van der Waals surface area contributed by atoms with E-state index in [1.807, 2.05) is 0 Å². The van der Waals surface area contributed by atoms with E-state index in [1.54, 1.807) is 19.1 Å². The van der Waals surface area contributed by atoms with E-state index >= 15 is 0 Å². The van der Waals surface area contributed by atoms with Gasteiger partial charge in [0, 0.05) is 12.6 Å². The van der Waals surface area contributed by atoms with Gasteiger partial charge in [-0.25, -0.2) is 13.1 Å². The smallest absolute Gasteiger partial charge is 0.242 e. The lowest BCUT2D eigenvalue weighted by atomic mass is 9.87. The molecular weight excluding hydrogens is 298 g/mol. The van der Waals surface area contributed by atoms with Crippen molar-refractivity contribution in [2.45, 2.75) is 43.5 Å². The standard InChI is InChI=1S/C14H20ClNO3S/c1-10-3-2-4-13(14(10)15)20(18,19)16-12-7-5-11(9-17)6-8-12/h2-4,11-12,16-17H,5-9H2,1H3. The summed E-state index contributed by atoms with van der Waals surface area (Å²) >= 11 is 6.09. The summed E-state index contributed by atoms with van der Waals surface area (Å²) in [5.41, 5.74) is 0.749. The average Bonchev–Trinajstić information content (AvgIpc) is 2.42. The fourth-order valence-electron chi connectivity index (χ4n) is 2.57. The molecule has 1 saturated carbocycles. The second kappa shape index (κ2) is 6.43. The Balaban J connectivity index is 2.10. The Hall–Kier alpha value is -0.620. The van der Waals surface area contributed by atoms with Crippen LogP contribution in [-0.2, 0) is 10.0 Å². The maximum atomic E-state index is 12.4. The first-order chi connectivity index (χ1) is 9.44. The molecule has 0 atom stereocenters. The van der Waals surface area contributed by atoms with E-state index < -0.39 is 10.0 Å². The normalized spacial score (nSPS) is 23.8. The van der Waals surface area contributed by atoms with Crippen LogP contribution in [0.15, 0.2) is 23.1 Å². The summed E-state index contributed by atoms with van der Waals surface area (Å²) < 4.78 is 27.5.